The van der Waals surface area contributed by atoms with Gasteiger partial charge < -0.3 is 24.3 Å². The number of benzene rings is 1. The van der Waals surface area contributed by atoms with Gasteiger partial charge in [0.25, 0.3) is 0 Å². The Balaban J connectivity index is 1.17. The maximum absolute atomic E-state index is 13.4. The third kappa shape index (κ3) is 4.82. The van der Waals surface area contributed by atoms with E-state index in [4.69, 9.17) is 4.74 Å². The lowest BCUT2D eigenvalue weighted by Gasteiger charge is -2.40. The first kappa shape index (κ1) is 22.9. The van der Waals surface area contributed by atoms with Crippen molar-refractivity contribution in [1.29, 1.82) is 0 Å². The highest BCUT2D eigenvalue weighted by atomic mass is 16.5. The van der Waals surface area contributed by atoms with E-state index in [0.29, 0.717) is 5.91 Å². The molecular weight excluding hydrogens is 428 g/mol. The second kappa shape index (κ2) is 10.2. The third-order valence-corrected chi connectivity index (χ3v) is 7.57. The zero-order chi connectivity index (χ0) is 23.5. The third-order valence-electron chi connectivity index (χ3n) is 7.57. The number of ether oxygens (including phenoxy) is 1. The number of piperazine rings is 1. The minimum absolute atomic E-state index is 0.0294. The molecule has 0 aliphatic carbocycles. The molecule has 1 unspecified atom stereocenters. The Morgan fingerprint density at radius 1 is 0.853 bits per heavy atom. The van der Waals surface area contributed by atoms with Gasteiger partial charge in [0.1, 0.15) is 0 Å². The molecule has 1 aromatic heterocycles. The van der Waals surface area contributed by atoms with Crippen LogP contribution >= 0.6 is 0 Å². The van der Waals surface area contributed by atoms with E-state index in [1.165, 1.54) is 16.8 Å². The van der Waals surface area contributed by atoms with E-state index in [1.54, 1.807) is 0 Å². The predicted octanol–water partition coefficient (Wildman–Crippen LogP) is 2.50. The molecule has 8 heteroatoms. The molecule has 182 valence electrons. The first-order valence-electron chi connectivity index (χ1n) is 12.6. The molecule has 1 amide bonds. The molecule has 8 nitrogen and oxygen atoms in total. The summed E-state index contributed by atoms with van der Waals surface area (Å²) in [5.41, 5.74) is 3.96. The Morgan fingerprint density at radius 3 is 2.26 bits per heavy atom. The normalized spacial score (nSPS) is 21.6. The average molecular weight is 465 g/mol. The Hall–Kier alpha value is -2.87. The molecular formula is C26H36N6O2. The standard InChI is InChI=1S/C26H36N6O2/c1-20-5-3-7-23(21(20)2)29-11-13-31(14-12-29)26(33)22-6-4-10-32(19-22)25-9-8-24(27-28-25)30-15-17-34-18-16-30/h3,5,7-9,22H,4,6,10-19H2,1-2H3. The molecule has 3 saturated heterocycles. The first-order valence-corrected chi connectivity index (χ1v) is 12.6. The van der Waals surface area contributed by atoms with Crippen LogP contribution in [0, 0.1) is 19.8 Å². The lowest BCUT2D eigenvalue weighted by molar-refractivity contribution is -0.136. The molecule has 0 bridgehead atoms. The minimum Gasteiger partial charge on any atom is -0.378 e. The first-order chi connectivity index (χ1) is 16.6. The molecule has 3 aliphatic heterocycles. The van der Waals surface area contributed by atoms with Crippen LogP contribution in [0.5, 0.6) is 0 Å². The van der Waals surface area contributed by atoms with Crippen molar-refractivity contribution in [1.82, 2.24) is 15.1 Å². The Kier molecular flexibility index (Phi) is 6.85. The van der Waals surface area contributed by atoms with Crippen molar-refractivity contribution >= 4 is 23.2 Å². The summed E-state index contributed by atoms with van der Waals surface area (Å²) in [7, 11) is 0. The van der Waals surface area contributed by atoms with Gasteiger partial charge in [-0.15, -0.1) is 10.2 Å². The molecule has 2 aromatic rings. The number of morpholine rings is 1. The summed E-state index contributed by atoms with van der Waals surface area (Å²) < 4.78 is 5.43. The number of aryl methyl sites for hydroxylation is 1. The van der Waals surface area contributed by atoms with E-state index >= 15 is 0 Å². The van der Waals surface area contributed by atoms with Gasteiger partial charge in [-0.25, -0.2) is 0 Å². The molecule has 1 aromatic carbocycles. The summed E-state index contributed by atoms with van der Waals surface area (Å²) in [5, 5.41) is 8.97. The van der Waals surface area contributed by atoms with Crippen LogP contribution in [0.2, 0.25) is 0 Å². The van der Waals surface area contributed by atoms with E-state index in [-0.39, 0.29) is 5.92 Å². The molecule has 34 heavy (non-hydrogen) atoms. The van der Waals surface area contributed by atoms with Gasteiger partial charge in [0.15, 0.2) is 11.6 Å². The number of piperidine rings is 1. The van der Waals surface area contributed by atoms with Gasteiger partial charge in [0, 0.05) is 58.0 Å². The van der Waals surface area contributed by atoms with E-state index in [0.717, 1.165) is 90.0 Å². The SMILES string of the molecule is Cc1cccc(N2CCN(C(=O)C3CCCN(c4ccc(N5CCOCC5)nn4)C3)CC2)c1C. The number of hydrogen-bond donors (Lipinski definition) is 0. The lowest BCUT2D eigenvalue weighted by atomic mass is 9.96. The highest BCUT2D eigenvalue weighted by molar-refractivity contribution is 5.80. The Bertz CT molecular complexity index is 983. The van der Waals surface area contributed by atoms with Crippen LogP contribution in [0.1, 0.15) is 24.0 Å². The van der Waals surface area contributed by atoms with Crippen molar-refractivity contribution < 1.29 is 9.53 Å². The lowest BCUT2D eigenvalue weighted by Crippen LogP contribution is -2.52. The van der Waals surface area contributed by atoms with Gasteiger partial charge in [-0.05, 0) is 56.0 Å². The largest absolute Gasteiger partial charge is 0.378 e. The summed E-state index contributed by atoms with van der Waals surface area (Å²) in [4.78, 5) is 22.3. The summed E-state index contributed by atoms with van der Waals surface area (Å²) in [6, 6.07) is 10.6. The van der Waals surface area contributed by atoms with Crippen molar-refractivity contribution in [3.05, 3.63) is 41.5 Å². The smallest absolute Gasteiger partial charge is 0.227 e. The fourth-order valence-electron chi connectivity index (χ4n) is 5.34. The number of nitrogens with zero attached hydrogens (tertiary/aromatic N) is 6. The topological polar surface area (TPSA) is 65.0 Å². The van der Waals surface area contributed by atoms with Gasteiger partial charge in [-0.3, -0.25) is 4.79 Å². The van der Waals surface area contributed by atoms with Crippen LogP contribution in [0.4, 0.5) is 17.3 Å². The molecule has 4 heterocycles. The highest BCUT2D eigenvalue weighted by Crippen LogP contribution is 2.27. The molecule has 5 rings (SSSR count). The summed E-state index contributed by atoms with van der Waals surface area (Å²) in [5.74, 6) is 2.09. The number of carbonyl (C=O) groups is 1. The van der Waals surface area contributed by atoms with Gasteiger partial charge in [0.05, 0.1) is 19.1 Å². The van der Waals surface area contributed by atoms with Crippen molar-refractivity contribution in [2.24, 2.45) is 5.92 Å². The van der Waals surface area contributed by atoms with Crippen molar-refractivity contribution in [3.8, 4) is 0 Å². The van der Waals surface area contributed by atoms with Crippen molar-refractivity contribution in [2.45, 2.75) is 26.7 Å². The number of hydrogen-bond acceptors (Lipinski definition) is 7. The van der Waals surface area contributed by atoms with Crippen LogP contribution in [-0.2, 0) is 9.53 Å². The van der Waals surface area contributed by atoms with Gasteiger partial charge in [-0.2, -0.15) is 0 Å². The van der Waals surface area contributed by atoms with Gasteiger partial charge in [0.2, 0.25) is 5.91 Å². The van der Waals surface area contributed by atoms with Crippen LogP contribution in [-0.4, -0.2) is 86.6 Å². The maximum atomic E-state index is 13.4. The zero-order valence-corrected chi connectivity index (χ0v) is 20.4. The van der Waals surface area contributed by atoms with Crippen molar-refractivity contribution in [2.75, 3.05) is 80.3 Å². The van der Waals surface area contributed by atoms with E-state index in [1.807, 2.05) is 12.1 Å². The van der Waals surface area contributed by atoms with Crippen LogP contribution in [0.25, 0.3) is 0 Å². The summed E-state index contributed by atoms with van der Waals surface area (Å²) in [6.07, 6.45) is 1.96. The number of anilines is 3. The van der Waals surface area contributed by atoms with Gasteiger partial charge >= 0.3 is 0 Å². The summed E-state index contributed by atoms with van der Waals surface area (Å²) in [6.45, 7) is 12.5. The van der Waals surface area contributed by atoms with Crippen LogP contribution in [0.3, 0.4) is 0 Å². The Labute approximate surface area is 202 Å². The molecule has 0 radical (unpaired) electrons. The predicted molar refractivity (Wildman–Crippen MR) is 135 cm³/mol. The molecule has 3 fully saturated rings. The molecule has 1 atom stereocenters. The minimum atomic E-state index is 0.0294. The van der Waals surface area contributed by atoms with Gasteiger partial charge in [-0.1, -0.05) is 12.1 Å². The fourth-order valence-corrected chi connectivity index (χ4v) is 5.34. The second-order valence-electron chi connectivity index (χ2n) is 9.67. The fraction of sp³-hybridized carbons (Fsp3) is 0.577. The molecule has 0 spiro atoms. The van der Waals surface area contributed by atoms with Crippen LogP contribution in [0.15, 0.2) is 30.3 Å². The number of carbonyl (C=O) groups excluding carboxylic acids is 1. The summed E-state index contributed by atoms with van der Waals surface area (Å²) >= 11 is 0. The molecule has 3 aliphatic rings. The quantitative estimate of drug-likeness (QED) is 0.689. The molecule has 0 N–H and O–H groups in total. The Morgan fingerprint density at radius 2 is 1.56 bits per heavy atom. The monoisotopic (exact) mass is 464 g/mol. The van der Waals surface area contributed by atoms with E-state index in [2.05, 4.69) is 61.8 Å². The van der Waals surface area contributed by atoms with E-state index in [9.17, 15) is 4.79 Å². The maximum Gasteiger partial charge on any atom is 0.227 e. The second-order valence-corrected chi connectivity index (χ2v) is 9.67. The van der Waals surface area contributed by atoms with Crippen molar-refractivity contribution in [3.63, 3.8) is 0 Å². The highest BCUT2D eigenvalue weighted by Gasteiger charge is 2.32. The number of amides is 1. The van der Waals surface area contributed by atoms with Crippen LogP contribution < -0.4 is 14.7 Å². The number of aromatic nitrogens is 2. The zero-order valence-electron chi connectivity index (χ0n) is 20.4. The molecule has 0 saturated carbocycles. The number of rotatable bonds is 4. The van der Waals surface area contributed by atoms with E-state index < -0.39 is 0 Å². The average Bonchev–Trinajstić information content (AvgIpc) is 2.91.